The predicted octanol–water partition coefficient (Wildman–Crippen LogP) is 2.07. The minimum absolute atomic E-state index is 0.161. The van der Waals surface area contributed by atoms with Gasteiger partial charge in [-0.05, 0) is 43.1 Å². The van der Waals surface area contributed by atoms with Crippen molar-refractivity contribution < 1.29 is 8.78 Å². The van der Waals surface area contributed by atoms with Crippen LogP contribution in [-0.4, -0.2) is 22.9 Å². The van der Waals surface area contributed by atoms with Crippen LogP contribution in [0.25, 0.3) is 0 Å². The number of nitrogens with zero attached hydrogens (tertiary/aromatic N) is 2. The molecule has 0 saturated carbocycles. The Balaban J connectivity index is 2.04. The average Bonchev–Trinajstić information content (AvgIpc) is 2.78. The van der Waals surface area contributed by atoms with Gasteiger partial charge >= 0.3 is 0 Å². The van der Waals surface area contributed by atoms with Gasteiger partial charge in [-0.3, -0.25) is 4.68 Å². The molecule has 0 spiro atoms. The van der Waals surface area contributed by atoms with E-state index in [1.165, 1.54) is 12.1 Å². The van der Waals surface area contributed by atoms with E-state index in [-0.39, 0.29) is 6.04 Å². The Morgan fingerprint density at radius 1 is 1.21 bits per heavy atom. The van der Waals surface area contributed by atoms with Crippen LogP contribution in [0.15, 0.2) is 30.6 Å². The molecule has 3 nitrogen and oxygen atoms in total. The van der Waals surface area contributed by atoms with Crippen molar-refractivity contribution in [2.24, 2.45) is 7.05 Å². The van der Waals surface area contributed by atoms with E-state index in [1.807, 2.05) is 26.5 Å². The van der Waals surface area contributed by atoms with Gasteiger partial charge < -0.3 is 5.32 Å². The third kappa shape index (κ3) is 3.61. The molecule has 0 aliphatic rings. The van der Waals surface area contributed by atoms with Crippen molar-refractivity contribution in [1.29, 1.82) is 0 Å². The normalized spacial score (nSPS) is 12.6. The molecule has 2 aromatic rings. The van der Waals surface area contributed by atoms with Crippen LogP contribution in [0.2, 0.25) is 0 Å². The SMILES string of the molecule is CNC(Cc1ccc(F)c(F)c1)Cc1cnn(C)c1. The van der Waals surface area contributed by atoms with Crippen LogP contribution < -0.4 is 5.32 Å². The topological polar surface area (TPSA) is 29.9 Å². The van der Waals surface area contributed by atoms with Crippen LogP contribution >= 0.6 is 0 Å². The van der Waals surface area contributed by atoms with Crippen molar-refractivity contribution in [2.75, 3.05) is 7.05 Å². The van der Waals surface area contributed by atoms with Crippen LogP contribution in [0.4, 0.5) is 8.78 Å². The number of hydrogen-bond acceptors (Lipinski definition) is 2. The number of benzene rings is 1. The van der Waals surface area contributed by atoms with E-state index < -0.39 is 11.6 Å². The van der Waals surface area contributed by atoms with Gasteiger partial charge in [0.2, 0.25) is 0 Å². The minimum Gasteiger partial charge on any atom is -0.316 e. The Bertz CT molecular complexity index is 551. The number of aromatic nitrogens is 2. The highest BCUT2D eigenvalue weighted by molar-refractivity contribution is 5.19. The van der Waals surface area contributed by atoms with Crippen molar-refractivity contribution in [3.05, 3.63) is 53.4 Å². The fraction of sp³-hybridized carbons (Fsp3) is 0.357. The molecule has 1 heterocycles. The van der Waals surface area contributed by atoms with Gasteiger partial charge in [-0.2, -0.15) is 5.10 Å². The summed E-state index contributed by atoms with van der Waals surface area (Å²) >= 11 is 0. The molecule has 102 valence electrons. The molecular weight excluding hydrogens is 248 g/mol. The first-order chi connectivity index (χ1) is 9.08. The van der Waals surface area contributed by atoms with Gasteiger partial charge in [-0.15, -0.1) is 0 Å². The second-order valence-corrected chi connectivity index (χ2v) is 4.66. The van der Waals surface area contributed by atoms with Crippen molar-refractivity contribution in [1.82, 2.24) is 15.1 Å². The summed E-state index contributed by atoms with van der Waals surface area (Å²) in [6.07, 6.45) is 5.21. The number of hydrogen-bond donors (Lipinski definition) is 1. The van der Waals surface area contributed by atoms with Gasteiger partial charge in [0.15, 0.2) is 11.6 Å². The predicted molar refractivity (Wildman–Crippen MR) is 69.8 cm³/mol. The Kier molecular flexibility index (Phi) is 4.27. The highest BCUT2D eigenvalue weighted by Crippen LogP contribution is 2.12. The number of rotatable bonds is 5. The van der Waals surface area contributed by atoms with Crippen LogP contribution in [-0.2, 0) is 19.9 Å². The Labute approximate surface area is 111 Å². The van der Waals surface area contributed by atoms with E-state index in [2.05, 4.69) is 10.4 Å². The number of nitrogens with one attached hydrogen (secondary N) is 1. The molecule has 0 aliphatic carbocycles. The fourth-order valence-electron chi connectivity index (χ4n) is 2.09. The highest BCUT2D eigenvalue weighted by Gasteiger charge is 2.11. The summed E-state index contributed by atoms with van der Waals surface area (Å²) in [5, 5.41) is 7.31. The Morgan fingerprint density at radius 3 is 2.53 bits per heavy atom. The molecule has 0 radical (unpaired) electrons. The maximum Gasteiger partial charge on any atom is 0.159 e. The molecule has 5 heteroatoms. The molecule has 1 aromatic heterocycles. The third-order valence-electron chi connectivity index (χ3n) is 3.11. The standard InChI is InChI=1S/C14H17F2N3/c1-17-12(6-11-8-18-19(2)9-11)5-10-3-4-13(15)14(16)7-10/h3-4,7-9,12,17H,5-6H2,1-2H3. The van der Waals surface area contributed by atoms with E-state index >= 15 is 0 Å². The molecule has 19 heavy (non-hydrogen) atoms. The quantitative estimate of drug-likeness (QED) is 0.897. The molecule has 1 aromatic carbocycles. The molecule has 0 aliphatic heterocycles. The van der Waals surface area contributed by atoms with E-state index in [0.29, 0.717) is 6.42 Å². The third-order valence-corrected chi connectivity index (χ3v) is 3.11. The summed E-state index contributed by atoms with van der Waals surface area (Å²) in [4.78, 5) is 0. The second-order valence-electron chi connectivity index (χ2n) is 4.66. The number of likely N-dealkylation sites (N-methyl/N-ethyl adjacent to an activating group) is 1. The van der Waals surface area contributed by atoms with Gasteiger partial charge in [0.05, 0.1) is 6.20 Å². The lowest BCUT2D eigenvalue weighted by molar-refractivity contribution is 0.503. The van der Waals surface area contributed by atoms with E-state index in [1.54, 1.807) is 10.7 Å². The fourth-order valence-corrected chi connectivity index (χ4v) is 2.09. The summed E-state index contributed by atoms with van der Waals surface area (Å²) in [5.41, 5.74) is 1.89. The van der Waals surface area contributed by atoms with E-state index in [4.69, 9.17) is 0 Å². The second kappa shape index (κ2) is 5.93. The van der Waals surface area contributed by atoms with Crippen molar-refractivity contribution >= 4 is 0 Å². The zero-order valence-corrected chi connectivity index (χ0v) is 11.0. The zero-order valence-electron chi connectivity index (χ0n) is 11.0. The lowest BCUT2D eigenvalue weighted by Gasteiger charge is -2.15. The minimum atomic E-state index is -0.808. The van der Waals surface area contributed by atoms with Gasteiger partial charge in [0, 0.05) is 19.3 Å². The first-order valence-corrected chi connectivity index (χ1v) is 6.17. The lowest BCUT2D eigenvalue weighted by Crippen LogP contribution is -2.29. The molecule has 0 fully saturated rings. The first-order valence-electron chi connectivity index (χ1n) is 6.17. The van der Waals surface area contributed by atoms with Gasteiger partial charge in [0.25, 0.3) is 0 Å². The molecule has 0 amide bonds. The average molecular weight is 265 g/mol. The molecule has 1 N–H and O–H groups in total. The molecular formula is C14H17F2N3. The monoisotopic (exact) mass is 265 g/mol. The molecule has 0 saturated heterocycles. The highest BCUT2D eigenvalue weighted by atomic mass is 19.2. The van der Waals surface area contributed by atoms with E-state index in [0.717, 1.165) is 17.5 Å². The van der Waals surface area contributed by atoms with Crippen LogP contribution in [0.5, 0.6) is 0 Å². The molecule has 0 bridgehead atoms. The van der Waals surface area contributed by atoms with Crippen molar-refractivity contribution in [3.63, 3.8) is 0 Å². The number of halogens is 2. The molecule has 2 rings (SSSR count). The Morgan fingerprint density at radius 2 is 1.95 bits per heavy atom. The van der Waals surface area contributed by atoms with Crippen molar-refractivity contribution in [2.45, 2.75) is 18.9 Å². The van der Waals surface area contributed by atoms with Gasteiger partial charge in [-0.1, -0.05) is 6.07 Å². The van der Waals surface area contributed by atoms with Gasteiger partial charge in [-0.25, -0.2) is 8.78 Å². The van der Waals surface area contributed by atoms with Gasteiger partial charge in [0.1, 0.15) is 0 Å². The molecule has 1 unspecified atom stereocenters. The van der Waals surface area contributed by atoms with E-state index in [9.17, 15) is 8.78 Å². The van der Waals surface area contributed by atoms with Crippen LogP contribution in [0, 0.1) is 11.6 Å². The summed E-state index contributed by atoms with van der Waals surface area (Å²) in [5.74, 6) is -1.61. The Hall–Kier alpha value is -1.75. The first kappa shape index (κ1) is 13.7. The zero-order chi connectivity index (χ0) is 13.8. The van der Waals surface area contributed by atoms with Crippen LogP contribution in [0.1, 0.15) is 11.1 Å². The maximum absolute atomic E-state index is 13.2. The summed E-state index contributed by atoms with van der Waals surface area (Å²) < 4.78 is 27.8. The largest absolute Gasteiger partial charge is 0.316 e. The summed E-state index contributed by atoms with van der Waals surface area (Å²) in [6.45, 7) is 0. The van der Waals surface area contributed by atoms with Crippen molar-refractivity contribution in [3.8, 4) is 0 Å². The number of aryl methyl sites for hydroxylation is 1. The lowest BCUT2D eigenvalue weighted by atomic mass is 10.0. The maximum atomic E-state index is 13.2. The summed E-state index contributed by atoms with van der Waals surface area (Å²) in [6, 6.07) is 4.20. The summed E-state index contributed by atoms with van der Waals surface area (Å²) in [7, 11) is 3.73. The molecule has 1 atom stereocenters. The van der Waals surface area contributed by atoms with Crippen LogP contribution in [0.3, 0.4) is 0 Å². The smallest absolute Gasteiger partial charge is 0.159 e.